The molecular weight excluding hydrogens is 314 g/mol. The Balaban J connectivity index is 1.69. The summed E-state index contributed by atoms with van der Waals surface area (Å²) >= 11 is 0. The molecule has 5 nitrogen and oxygen atoms in total. The first kappa shape index (κ1) is 18.5. The monoisotopic (exact) mass is 339 g/mol. The molecule has 0 heterocycles. The number of rotatable bonds is 8. The molecule has 0 saturated heterocycles. The summed E-state index contributed by atoms with van der Waals surface area (Å²) in [7, 11) is 0. The van der Waals surface area contributed by atoms with E-state index in [2.05, 4.69) is 16.0 Å². The van der Waals surface area contributed by atoms with Crippen molar-refractivity contribution >= 4 is 23.2 Å². The minimum Gasteiger partial charge on any atom is -0.376 e. The van der Waals surface area contributed by atoms with Gasteiger partial charge in [-0.3, -0.25) is 9.59 Å². The predicted octanol–water partition coefficient (Wildman–Crippen LogP) is 3.05. The van der Waals surface area contributed by atoms with Crippen molar-refractivity contribution in [2.75, 3.05) is 23.7 Å². The molecule has 0 unspecified atom stereocenters. The topological polar surface area (TPSA) is 70.2 Å². The van der Waals surface area contributed by atoms with Crippen LogP contribution in [0.5, 0.6) is 0 Å². The Labute approximate surface area is 148 Å². The van der Waals surface area contributed by atoms with Crippen LogP contribution in [0.2, 0.25) is 0 Å². The van der Waals surface area contributed by atoms with Gasteiger partial charge in [-0.2, -0.15) is 0 Å². The van der Waals surface area contributed by atoms with Crippen molar-refractivity contribution in [2.24, 2.45) is 5.92 Å². The SMILES string of the molecule is CC(C)C(=O)Nc1ccc(NCC(=O)NCCc2ccccc2)cc1. The van der Waals surface area contributed by atoms with E-state index in [9.17, 15) is 9.59 Å². The quantitative estimate of drug-likeness (QED) is 0.692. The Bertz CT molecular complexity index is 682. The number of benzene rings is 2. The van der Waals surface area contributed by atoms with Crippen LogP contribution < -0.4 is 16.0 Å². The molecule has 2 aromatic rings. The van der Waals surface area contributed by atoms with Gasteiger partial charge in [-0.05, 0) is 36.2 Å². The third-order valence-electron chi connectivity index (χ3n) is 3.71. The molecule has 0 radical (unpaired) electrons. The molecule has 2 aromatic carbocycles. The van der Waals surface area contributed by atoms with E-state index in [1.807, 2.05) is 68.4 Å². The number of amides is 2. The van der Waals surface area contributed by atoms with Gasteiger partial charge in [0.25, 0.3) is 0 Å². The van der Waals surface area contributed by atoms with Crippen molar-refractivity contribution in [1.82, 2.24) is 5.32 Å². The van der Waals surface area contributed by atoms with E-state index in [1.165, 1.54) is 5.56 Å². The molecule has 25 heavy (non-hydrogen) atoms. The normalized spacial score (nSPS) is 10.4. The van der Waals surface area contributed by atoms with Crippen molar-refractivity contribution in [3.05, 3.63) is 60.2 Å². The largest absolute Gasteiger partial charge is 0.376 e. The molecule has 0 saturated carbocycles. The summed E-state index contributed by atoms with van der Waals surface area (Å²) in [4.78, 5) is 23.5. The summed E-state index contributed by atoms with van der Waals surface area (Å²) in [5.41, 5.74) is 2.78. The molecule has 0 fully saturated rings. The summed E-state index contributed by atoms with van der Waals surface area (Å²) in [6, 6.07) is 17.4. The molecule has 2 amide bonds. The van der Waals surface area contributed by atoms with Gasteiger partial charge in [0.2, 0.25) is 11.8 Å². The smallest absolute Gasteiger partial charge is 0.239 e. The average molecular weight is 339 g/mol. The summed E-state index contributed by atoms with van der Waals surface area (Å²) < 4.78 is 0. The summed E-state index contributed by atoms with van der Waals surface area (Å²) in [6.07, 6.45) is 0.816. The Morgan fingerprint density at radius 1 is 0.920 bits per heavy atom. The van der Waals surface area contributed by atoms with Gasteiger partial charge < -0.3 is 16.0 Å². The van der Waals surface area contributed by atoms with Gasteiger partial charge in [0, 0.05) is 23.8 Å². The first-order chi connectivity index (χ1) is 12.0. The molecule has 0 aromatic heterocycles. The van der Waals surface area contributed by atoms with Gasteiger partial charge >= 0.3 is 0 Å². The van der Waals surface area contributed by atoms with Crippen molar-refractivity contribution in [1.29, 1.82) is 0 Å². The highest BCUT2D eigenvalue weighted by Crippen LogP contribution is 2.14. The van der Waals surface area contributed by atoms with Crippen LogP contribution in [0.3, 0.4) is 0 Å². The third-order valence-corrected chi connectivity index (χ3v) is 3.71. The lowest BCUT2D eigenvalue weighted by atomic mass is 10.1. The van der Waals surface area contributed by atoms with Crippen LogP contribution in [0.4, 0.5) is 11.4 Å². The predicted molar refractivity (Wildman–Crippen MR) is 102 cm³/mol. The number of anilines is 2. The number of carbonyl (C=O) groups excluding carboxylic acids is 2. The molecule has 2 rings (SSSR count). The summed E-state index contributed by atoms with van der Waals surface area (Å²) in [5.74, 6) is -0.121. The molecule has 0 spiro atoms. The molecule has 0 aliphatic rings. The van der Waals surface area contributed by atoms with Crippen LogP contribution in [0.15, 0.2) is 54.6 Å². The zero-order valence-electron chi connectivity index (χ0n) is 14.7. The maximum absolute atomic E-state index is 11.9. The molecule has 0 aliphatic heterocycles. The van der Waals surface area contributed by atoms with Crippen molar-refractivity contribution < 1.29 is 9.59 Å². The molecule has 0 bridgehead atoms. The van der Waals surface area contributed by atoms with Gasteiger partial charge in [0.05, 0.1) is 6.54 Å². The second kappa shape index (κ2) is 9.47. The highest BCUT2D eigenvalue weighted by Gasteiger charge is 2.07. The zero-order valence-corrected chi connectivity index (χ0v) is 14.7. The lowest BCUT2D eigenvalue weighted by molar-refractivity contribution is -0.119. The van der Waals surface area contributed by atoms with Crippen molar-refractivity contribution in [2.45, 2.75) is 20.3 Å². The Morgan fingerprint density at radius 2 is 1.56 bits per heavy atom. The van der Waals surface area contributed by atoms with E-state index < -0.39 is 0 Å². The minimum absolute atomic E-state index is 0.0153. The second-order valence-electron chi connectivity index (χ2n) is 6.16. The lowest BCUT2D eigenvalue weighted by Gasteiger charge is -2.10. The first-order valence-electron chi connectivity index (χ1n) is 8.50. The van der Waals surface area contributed by atoms with Crippen molar-refractivity contribution in [3.8, 4) is 0 Å². The van der Waals surface area contributed by atoms with E-state index >= 15 is 0 Å². The maximum Gasteiger partial charge on any atom is 0.239 e. The van der Waals surface area contributed by atoms with E-state index in [-0.39, 0.29) is 24.3 Å². The highest BCUT2D eigenvalue weighted by atomic mass is 16.2. The fraction of sp³-hybridized carbons (Fsp3) is 0.300. The molecule has 3 N–H and O–H groups in total. The Morgan fingerprint density at radius 3 is 2.20 bits per heavy atom. The van der Waals surface area contributed by atoms with E-state index in [1.54, 1.807) is 0 Å². The van der Waals surface area contributed by atoms with Crippen molar-refractivity contribution in [3.63, 3.8) is 0 Å². The fourth-order valence-electron chi connectivity index (χ4n) is 2.19. The minimum atomic E-state index is -0.0580. The van der Waals surface area contributed by atoms with Crippen LogP contribution in [0.1, 0.15) is 19.4 Å². The highest BCUT2D eigenvalue weighted by molar-refractivity contribution is 5.92. The third kappa shape index (κ3) is 6.67. The van der Waals surface area contributed by atoms with Gasteiger partial charge in [-0.25, -0.2) is 0 Å². The van der Waals surface area contributed by atoms with E-state index in [0.717, 1.165) is 17.8 Å². The molecular formula is C20H25N3O2. The standard InChI is InChI=1S/C20H25N3O2/c1-15(2)20(25)23-18-10-8-17(9-11-18)22-14-19(24)21-13-12-16-6-4-3-5-7-16/h3-11,15,22H,12-14H2,1-2H3,(H,21,24)(H,23,25). The summed E-state index contributed by atoms with van der Waals surface area (Å²) in [5, 5.41) is 8.80. The number of carbonyl (C=O) groups is 2. The van der Waals surface area contributed by atoms with Gasteiger partial charge in [0.15, 0.2) is 0 Å². The number of hydrogen-bond donors (Lipinski definition) is 3. The summed E-state index contributed by atoms with van der Waals surface area (Å²) in [6.45, 7) is 4.53. The maximum atomic E-state index is 11.9. The average Bonchev–Trinajstić information content (AvgIpc) is 2.62. The molecule has 0 aliphatic carbocycles. The second-order valence-corrected chi connectivity index (χ2v) is 6.16. The zero-order chi connectivity index (χ0) is 18.1. The Kier molecular flexibility index (Phi) is 7.01. The number of nitrogens with one attached hydrogen (secondary N) is 3. The fourth-order valence-corrected chi connectivity index (χ4v) is 2.19. The van der Waals surface area contributed by atoms with Crippen LogP contribution in [0.25, 0.3) is 0 Å². The van der Waals surface area contributed by atoms with Gasteiger partial charge in [-0.1, -0.05) is 44.2 Å². The van der Waals surface area contributed by atoms with Gasteiger partial charge in [-0.15, -0.1) is 0 Å². The number of hydrogen-bond acceptors (Lipinski definition) is 3. The van der Waals surface area contributed by atoms with Crippen LogP contribution in [0, 0.1) is 5.92 Å². The first-order valence-corrected chi connectivity index (χ1v) is 8.50. The van der Waals surface area contributed by atoms with Gasteiger partial charge in [0.1, 0.15) is 0 Å². The Hall–Kier alpha value is -2.82. The lowest BCUT2D eigenvalue weighted by Crippen LogP contribution is -2.31. The van der Waals surface area contributed by atoms with E-state index in [4.69, 9.17) is 0 Å². The van der Waals surface area contributed by atoms with E-state index in [0.29, 0.717) is 6.54 Å². The van der Waals surface area contributed by atoms with Crippen LogP contribution in [-0.2, 0) is 16.0 Å². The van der Waals surface area contributed by atoms with Crippen LogP contribution in [-0.4, -0.2) is 24.9 Å². The molecule has 132 valence electrons. The van der Waals surface area contributed by atoms with Crippen LogP contribution >= 0.6 is 0 Å². The molecule has 0 atom stereocenters. The molecule has 5 heteroatoms.